The van der Waals surface area contributed by atoms with Gasteiger partial charge in [0, 0.05) is 114 Å². The highest BCUT2D eigenvalue weighted by molar-refractivity contribution is 7.26. The molecule has 0 saturated carbocycles. The number of nitrogens with one attached hydrogen (secondary N) is 1. The Hall–Kier alpha value is -6.09. The third-order valence-electron chi connectivity index (χ3n) is 12.2. The highest BCUT2D eigenvalue weighted by atomic mass is 35.5. The molecule has 21 heteroatoms. The molecule has 8 aromatic rings. The summed E-state index contributed by atoms with van der Waals surface area (Å²) in [6.07, 6.45) is 8.95. The Balaban J connectivity index is 0.000000169. The second-order valence-electron chi connectivity index (χ2n) is 16.2. The van der Waals surface area contributed by atoms with Crippen molar-refractivity contribution in [3.63, 3.8) is 0 Å². The van der Waals surface area contributed by atoms with Crippen molar-refractivity contribution >= 4 is 105 Å². The molecule has 0 spiro atoms. The summed E-state index contributed by atoms with van der Waals surface area (Å²) in [5, 5.41) is 5.78. The minimum Gasteiger partial charge on any atom is -0.477 e. The molecule has 0 aliphatic carbocycles. The van der Waals surface area contributed by atoms with E-state index in [0.29, 0.717) is 25.0 Å². The first-order valence-electron chi connectivity index (χ1n) is 23.1. The minimum absolute atomic E-state index is 0. The van der Waals surface area contributed by atoms with E-state index in [9.17, 15) is 0 Å². The van der Waals surface area contributed by atoms with Crippen molar-refractivity contribution in [3.05, 3.63) is 65.5 Å². The maximum atomic E-state index is 6.19. The van der Waals surface area contributed by atoms with Gasteiger partial charge in [-0.25, -0.2) is 39.9 Å². The molecule has 3 fully saturated rings. The summed E-state index contributed by atoms with van der Waals surface area (Å²) in [6.45, 7) is 19.9. The van der Waals surface area contributed by atoms with Crippen molar-refractivity contribution in [2.24, 2.45) is 0 Å². The third kappa shape index (κ3) is 9.50. The first kappa shape index (κ1) is 47.0. The van der Waals surface area contributed by atoms with Gasteiger partial charge < -0.3 is 39.3 Å². The molecule has 0 radical (unpaired) electrons. The van der Waals surface area contributed by atoms with Crippen LogP contribution in [0.1, 0.15) is 46.2 Å². The molecule has 0 bridgehead atoms. The molecule has 18 nitrogen and oxygen atoms in total. The number of pyridine rings is 2. The van der Waals surface area contributed by atoms with Crippen LogP contribution in [0.4, 0.5) is 29.5 Å². The third-order valence-corrected chi connectivity index (χ3v) is 14.5. The molecule has 1 N–H and O–H groups in total. The van der Waals surface area contributed by atoms with Gasteiger partial charge in [0.25, 0.3) is 0 Å². The summed E-state index contributed by atoms with van der Waals surface area (Å²) in [4.78, 5) is 59.7. The highest BCUT2D eigenvalue weighted by Gasteiger charge is 2.26. The quantitative estimate of drug-likeness (QED) is 0.127. The Morgan fingerprint density at radius 1 is 0.529 bits per heavy atom. The van der Waals surface area contributed by atoms with Crippen molar-refractivity contribution in [3.8, 4) is 11.8 Å². The summed E-state index contributed by atoms with van der Waals surface area (Å²) in [5.74, 6) is 5.52. The molecular formula is C47H57ClN16O2S2. The van der Waals surface area contributed by atoms with Gasteiger partial charge in [0.15, 0.2) is 0 Å². The summed E-state index contributed by atoms with van der Waals surface area (Å²) >= 11 is 9.39. The number of ether oxygens (including phenoxy) is 2. The normalized spacial score (nSPS) is 15.5. The van der Waals surface area contributed by atoms with Gasteiger partial charge in [-0.2, -0.15) is 9.97 Å². The molecule has 11 rings (SSSR count). The first-order valence-corrected chi connectivity index (χ1v) is 25.1. The predicted octanol–water partition coefficient (Wildman–Crippen LogP) is 7.33. The van der Waals surface area contributed by atoms with Gasteiger partial charge in [-0.15, -0.1) is 22.7 Å². The Morgan fingerprint density at radius 3 is 1.41 bits per heavy atom. The number of hydrogen-bond donors (Lipinski definition) is 1. The second-order valence-corrected chi connectivity index (χ2v) is 18.5. The Labute approximate surface area is 408 Å². The van der Waals surface area contributed by atoms with Crippen LogP contribution >= 0.6 is 34.3 Å². The van der Waals surface area contributed by atoms with Crippen LogP contribution in [-0.4, -0.2) is 142 Å². The lowest BCUT2D eigenvalue weighted by molar-refractivity contribution is 0.331. The predicted molar refractivity (Wildman–Crippen MR) is 276 cm³/mol. The number of hydrogen-bond acceptors (Lipinski definition) is 20. The SMILES string of the molecule is C.CCOc1nc(Cl)nc2c1sc1nc(N3CCN(c4ncccn4)CC3)cc(CC)c12.CCOc1nc(N2CCNCC2)nc2c1sc1nc(N3CCN(c4ncccn4)CC3)cc(CC)c12. The van der Waals surface area contributed by atoms with E-state index in [1.54, 1.807) is 47.5 Å². The zero-order chi connectivity index (χ0) is 45.9. The van der Waals surface area contributed by atoms with Crippen molar-refractivity contribution < 1.29 is 9.47 Å². The molecule has 0 unspecified atom stereocenters. The van der Waals surface area contributed by atoms with E-state index in [1.165, 1.54) is 11.1 Å². The van der Waals surface area contributed by atoms with Crippen LogP contribution < -0.4 is 39.3 Å². The zero-order valence-electron chi connectivity index (χ0n) is 38.2. The molecule has 8 aromatic heterocycles. The Bertz CT molecular complexity index is 2980. The fourth-order valence-corrected chi connectivity index (χ4v) is 11.2. The highest BCUT2D eigenvalue weighted by Crippen LogP contribution is 2.42. The molecule has 0 atom stereocenters. The molecule has 0 aromatic carbocycles. The van der Waals surface area contributed by atoms with Crippen LogP contribution in [0, 0.1) is 0 Å². The van der Waals surface area contributed by atoms with E-state index in [4.69, 9.17) is 41.0 Å². The molecular weight excluding hydrogens is 920 g/mol. The average molecular weight is 978 g/mol. The van der Waals surface area contributed by atoms with Gasteiger partial charge in [0.1, 0.15) is 36.2 Å². The van der Waals surface area contributed by atoms with E-state index >= 15 is 0 Å². The maximum Gasteiger partial charge on any atom is 0.236 e. The van der Waals surface area contributed by atoms with Crippen molar-refractivity contribution in [2.75, 3.05) is 116 Å². The van der Waals surface area contributed by atoms with Crippen LogP contribution in [0.25, 0.3) is 40.9 Å². The number of thiophene rings is 2. The minimum atomic E-state index is 0. The summed E-state index contributed by atoms with van der Waals surface area (Å²) in [5.41, 5.74) is 4.26. The second kappa shape index (κ2) is 21.1. The van der Waals surface area contributed by atoms with Crippen molar-refractivity contribution in [1.82, 2.24) is 55.2 Å². The standard InChI is InChI=1S/C25H31N9OS.C21H22ClN7OS.CH4/c1-3-17-16-18(32-12-14-34(15-13-32)24-27-6-5-7-28-24)29-23-19(17)20-21(36-23)22(35-4-2)31-25(30-20)33-10-8-26-9-11-33;1-3-13-12-14(28-8-10-29(11-9-28)21-23-6-5-7-24-21)25-19-15(13)16-17(31-19)18(30-4-2)27-20(22)26-16;/h5-7,16,26H,3-4,8-15H2,1-2H3;5-7,12H,3-4,8-11H2,1-2H3;1H4. The van der Waals surface area contributed by atoms with Gasteiger partial charge in [0.2, 0.25) is 34.9 Å². The van der Waals surface area contributed by atoms with E-state index in [2.05, 4.69) is 85.7 Å². The molecule has 68 heavy (non-hydrogen) atoms. The smallest absolute Gasteiger partial charge is 0.236 e. The number of aromatic nitrogens is 10. The molecule has 3 aliphatic heterocycles. The molecule has 11 heterocycles. The van der Waals surface area contributed by atoms with E-state index in [1.807, 2.05) is 26.0 Å². The average Bonchev–Trinajstić information content (AvgIpc) is 3.96. The number of halogens is 1. The van der Waals surface area contributed by atoms with E-state index < -0.39 is 0 Å². The van der Waals surface area contributed by atoms with Crippen molar-refractivity contribution in [1.29, 1.82) is 0 Å². The maximum absolute atomic E-state index is 6.19. The van der Waals surface area contributed by atoms with Gasteiger partial charge >= 0.3 is 0 Å². The first-order chi connectivity index (χ1) is 32.9. The number of rotatable bonds is 11. The Kier molecular flexibility index (Phi) is 14.5. The van der Waals surface area contributed by atoms with E-state index in [-0.39, 0.29) is 12.7 Å². The topological polar surface area (TPSA) is 176 Å². The summed E-state index contributed by atoms with van der Waals surface area (Å²) < 4.78 is 13.6. The van der Waals surface area contributed by atoms with Crippen LogP contribution in [-0.2, 0) is 12.8 Å². The van der Waals surface area contributed by atoms with Gasteiger partial charge in [-0.3, -0.25) is 0 Å². The van der Waals surface area contributed by atoms with Crippen LogP contribution in [0.2, 0.25) is 5.28 Å². The van der Waals surface area contributed by atoms with Gasteiger partial charge in [0.05, 0.1) is 18.7 Å². The van der Waals surface area contributed by atoms with Gasteiger partial charge in [-0.1, -0.05) is 21.3 Å². The lowest BCUT2D eigenvalue weighted by atomic mass is 10.1. The molecule has 0 amide bonds. The van der Waals surface area contributed by atoms with Crippen molar-refractivity contribution in [2.45, 2.75) is 48.0 Å². The fraction of sp³-hybridized carbons (Fsp3) is 0.447. The number of piperazine rings is 3. The number of fused-ring (bicyclic) bond motifs is 6. The van der Waals surface area contributed by atoms with Crippen LogP contribution in [0.15, 0.2) is 49.1 Å². The fourth-order valence-electron chi connectivity index (χ4n) is 8.85. The summed E-state index contributed by atoms with van der Waals surface area (Å²) in [6, 6.07) is 8.12. The summed E-state index contributed by atoms with van der Waals surface area (Å²) in [7, 11) is 0. The Morgan fingerprint density at radius 2 is 0.956 bits per heavy atom. The number of nitrogens with zero attached hydrogens (tertiary/aromatic N) is 15. The molecule has 3 aliphatic rings. The lowest BCUT2D eigenvalue weighted by Gasteiger charge is -2.35. The number of aryl methyl sites for hydroxylation is 2. The zero-order valence-corrected chi connectivity index (χ0v) is 40.5. The van der Waals surface area contributed by atoms with Crippen LogP contribution in [0.5, 0.6) is 11.8 Å². The van der Waals surface area contributed by atoms with E-state index in [0.717, 1.165) is 162 Å². The lowest BCUT2D eigenvalue weighted by Crippen LogP contribution is -2.47. The molecule has 3 saturated heterocycles. The van der Waals surface area contributed by atoms with Crippen LogP contribution in [0.3, 0.4) is 0 Å². The monoisotopic (exact) mass is 976 g/mol. The largest absolute Gasteiger partial charge is 0.477 e. The van der Waals surface area contributed by atoms with Gasteiger partial charge in [-0.05, 0) is 73.7 Å². The molecule has 356 valence electrons. The number of anilines is 5.